The zero-order valence-corrected chi connectivity index (χ0v) is 19.1. The lowest BCUT2D eigenvalue weighted by molar-refractivity contribution is -0.154. The first kappa shape index (κ1) is 27.1. The van der Waals surface area contributed by atoms with Crippen LogP contribution in [-0.2, 0) is 29.1 Å². The summed E-state index contributed by atoms with van der Waals surface area (Å²) in [6.45, 7) is 0.221. The van der Waals surface area contributed by atoms with Crippen LogP contribution in [0.1, 0.15) is 13.3 Å². The number of carbonyl (C=O) groups is 3. The molecule has 0 aliphatic heterocycles. The molecule has 2 rings (SSSR count). The van der Waals surface area contributed by atoms with Gasteiger partial charge in [-0.2, -0.15) is 0 Å². The number of rotatable bonds is 10. The molecule has 3 N–H and O–H groups in total. The maximum atomic E-state index is 13.6. The van der Waals surface area contributed by atoms with Gasteiger partial charge in [0.1, 0.15) is 0 Å². The highest BCUT2D eigenvalue weighted by molar-refractivity contribution is 7.89. The SMILES string of the molecule is CC(OC(=O)CCNS(=O)(=O)c1ccc(Cl)cc1)C(=O)NCC(=O)Nc1ccc(F)c(F)c1F. The van der Waals surface area contributed by atoms with Crippen LogP contribution in [0.15, 0.2) is 41.3 Å². The molecule has 0 bridgehead atoms. The molecule has 1 unspecified atom stereocenters. The van der Waals surface area contributed by atoms with Crippen molar-refractivity contribution in [2.75, 3.05) is 18.4 Å². The van der Waals surface area contributed by atoms with E-state index in [0.717, 1.165) is 6.07 Å². The number of halogens is 4. The molecule has 0 saturated carbocycles. The first-order chi connectivity index (χ1) is 15.9. The van der Waals surface area contributed by atoms with E-state index in [1.807, 2.05) is 5.32 Å². The summed E-state index contributed by atoms with van der Waals surface area (Å²) in [5.41, 5.74) is -0.626. The molecular formula is C20H19ClF3N3O6S. The third-order valence-electron chi connectivity index (χ3n) is 4.16. The lowest BCUT2D eigenvalue weighted by Gasteiger charge is -2.14. The van der Waals surface area contributed by atoms with Gasteiger partial charge in [-0.05, 0) is 43.3 Å². The topological polar surface area (TPSA) is 131 Å². The monoisotopic (exact) mass is 521 g/mol. The van der Waals surface area contributed by atoms with Gasteiger partial charge in [0.25, 0.3) is 5.91 Å². The van der Waals surface area contributed by atoms with Crippen LogP contribution in [0.5, 0.6) is 0 Å². The highest BCUT2D eigenvalue weighted by Gasteiger charge is 2.20. The minimum Gasteiger partial charge on any atom is -0.453 e. The maximum absolute atomic E-state index is 13.6. The molecule has 0 aliphatic carbocycles. The lowest BCUT2D eigenvalue weighted by Crippen LogP contribution is -2.40. The summed E-state index contributed by atoms with van der Waals surface area (Å²) in [5, 5.41) is 4.43. The van der Waals surface area contributed by atoms with E-state index in [1.165, 1.54) is 31.2 Å². The molecule has 34 heavy (non-hydrogen) atoms. The van der Waals surface area contributed by atoms with Crippen LogP contribution in [-0.4, -0.2) is 45.4 Å². The zero-order valence-electron chi connectivity index (χ0n) is 17.5. The van der Waals surface area contributed by atoms with E-state index in [9.17, 15) is 36.0 Å². The fourth-order valence-electron chi connectivity index (χ4n) is 2.42. The van der Waals surface area contributed by atoms with Gasteiger partial charge < -0.3 is 15.4 Å². The number of nitrogens with one attached hydrogen (secondary N) is 3. The average molecular weight is 522 g/mol. The summed E-state index contributed by atoms with van der Waals surface area (Å²) < 4.78 is 70.9. The largest absolute Gasteiger partial charge is 0.453 e. The van der Waals surface area contributed by atoms with Crippen LogP contribution in [0.3, 0.4) is 0 Å². The second-order valence-electron chi connectivity index (χ2n) is 6.72. The van der Waals surface area contributed by atoms with Gasteiger partial charge in [0, 0.05) is 11.6 Å². The Kier molecular flexibility index (Phi) is 9.41. The highest BCUT2D eigenvalue weighted by atomic mass is 35.5. The van der Waals surface area contributed by atoms with Crippen molar-refractivity contribution in [1.29, 1.82) is 0 Å². The standard InChI is InChI=1S/C20H19ClF3N3O6S/c1-11(20(30)25-10-16(28)27-15-7-6-14(22)18(23)19(15)24)33-17(29)8-9-26-34(31,32)13-4-2-12(21)3-5-13/h2-7,11,26H,8-10H2,1H3,(H,25,30)(H,27,28). The van der Waals surface area contributed by atoms with Crippen molar-refractivity contribution in [1.82, 2.24) is 10.0 Å². The number of carbonyl (C=O) groups excluding carboxylic acids is 3. The van der Waals surface area contributed by atoms with Gasteiger partial charge in [0.15, 0.2) is 23.6 Å². The molecule has 0 fully saturated rings. The van der Waals surface area contributed by atoms with E-state index in [1.54, 1.807) is 0 Å². The first-order valence-corrected chi connectivity index (χ1v) is 11.4. The van der Waals surface area contributed by atoms with Crippen molar-refractivity contribution >= 4 is 45.1 Å². The van der Waals surface area contributed by atoms with Crippen LogP contribution < -0.4 is 15.4 Å². The molecule has 184 valence electrons. The number of esters is 1. The summed E-state index contributed by atoms with van der Waals surface area (Å²) in [5.74, 6) is -7.53. The third-order valence-corrected chi connectivity index (χ3v) is 5.88. The molecular weight excluding hydrogens is 503 g/mol. The number of hydrogen-bond acceptors (Lipinski definition) is 6. The second kappa shape index (κ2) is 11.8. The minimum atomic E-state index is -3.88. The van der Waals surface area contributed by atoms with Crippen LogP contribution in [0.25, 0.3) is 0 Å². The number of ether oxygens (including phenoxy) is 1. The Bertz CT molecular complexity index is 1180. The van der Waals surface area contributed by atoms with Crippen molar-refractivity contribution in [3.8, 4) is 0 Å². The summed E-state index contributed by atoms with van der Waals surface area (Å²) in [6, 6.07) is 6.76. The van der Waals surface area contributed by atoms with Crippen molar-refractivity contribution in [3.63, 3.8) is 0 Å². The summed E-state index contributed by atoms with van der Waals surface area (Å²) in [4.78, 5) is 35.6. The molecule has 0 aromatic heterocycles. The number of sulfonamides is 1. The van der Waals surface area contributed by atoms with Gasteiger partial charge >= 0.3 is 5.97 Å². The van der Waals surface area contributed by atoms with Crippen LogP contribution in [0.2, 0.25) is 5.02 Å². The maximum Gasteiger partial charge on any atom is 0.307 e. The predicted octanol–water partition coefficient (Wildman–Crippen LogP) is 2.11. The molecule has 2 aromatic carbocycles. The molecule has 2 amide bonds. The average Bonchev–Trinajstić information content (AvgIpc) is 2.78. The summed E-state index contributed by atoms with van der Waals surface area (Å²) in [6.07, 6.45) is -1.73. The first-order valence-electron chi connectivity index (χ1n) is 9.56. The van der Waals surface area contributed by atoms with Gasteiger partial charge in [0.2, 0.25) is 15.9 Å². The van der Waals surface area contributed by atoms with Gasteiger partial charge in [0.05, 0.1) is 23.5 Å². The molecule has 2 aromatic rings. The molecule has 14 heteroatoms. The minimum absolute atomic E-state index is 0.0560. The fraction of sp³-hybridized carbons (Fsp3) is 0.250. The Morgan fingerprint density at radius 2 is 1.68 bits per heavy atom. The second-order valence-corrected chi connectivity index (χ2v) is 8.93. The summed E-state index contributed by atoms with van der Waals surface area (Å²) in [7, 11) is -3.88. The van der Waals surface area contributed by atoms with Crippen LogP contribution in [0.4, 0.5) is 18.9 Å². The zero-order chi connectivity index (χ0) is 25.5. The number of hydrogen-bond donors (Lipinski definition) is 3. The highest BCUT2D eigenvalue weighted by Crippen LogP contribution is 2.19. The molecule has 0 spiro atoms. The molecule has 0 heterocycles. The summed E-state index contributed by atoms with van der Waals surface area (Å²) >= 11 is 5.70. The normalized spacial score (nSPS) is 12.0. The van der Waals surface area contributed by atoms with Gasteiger partial charge in [-0.3, -0.25) is 14.4 Å². The fourth-order valence-corrected chi connectivity index (χ4v) is 3.58. The molecule has 0 saturated heterocycles. The Hall–Kier alpha value is -3.16. The van der Waals surface area contributed by atoms with E-state index in [4.69, 9.17) is 16.3 Å². The van der Waals surface area contributed by atoms with Crippen LogP contribution in [0, 0.1) is 17.5 Å². The van der Waals surface area contributed by atoms with Crippen LogP contribution >= 0.6 is 11.6 Å². The van der Waals surface area contributed by atoms with E-state index >= 15 is 0 Å². The van der Waals surface area contributed by atoms with E-state index in [-0.39, 0.29) is 17.9 Å². The Morgan fingerprint density at radius 3 is 2.32 bits per heavy atom. The smallest absolute Gasteiger partial charge is 0.307 e. The quantitative estimate of drug-likeness (QED) is 0.324. The van der Waals surface area contributed by atoms with Gasteiger partial charge in [-0.25, -0.2) is 26.3 Å². The van der Waals surface area contributed by atoms with E-state index < -0.39 is 63.6 Å². The lowest BCUT2D eigenvalue weighted by atomic mass is 10.2. The predicted molar refractivity (Wildman–Crippen MR) is 115 cm³/mol. The Morgan fingerprint density at radius 1 is 1.03 bits per heavy atom. The van der Waals surface area contributed by atoms with Gasteiger partial charge in [-0.1, -0.05) is 11.6 Å². The van der Waals surface area contributed by atoms with Crippen molar-refractivity contribution < 1.29 is 40.7 Å². The molecule has 0 radical (unpaired) electrons. The molecule has 9 nitrogen and oxygen atoms in total. The van der Waals surface area contributed by atoms with Crippen molar-refractivity contribution in [3.05, 3.63) is 58.9 Å². The molecule has 0 aliphatic rings. The molecule has 1 atom stereocenters. The van der Waals surface area contributed by atoms with E-state index in [0.29, 0.717) is 11.1 Å². The third kappa shape index (κ3) is 7.71. The Labute approximate surface area is 197 Å². The number of amides is 2. The van der Waals surface area contributed by atoms with Crippen molar-refractivity contribution in [2.45, 2.75) is 24.3 Å². The van der Waals surface area contributed by atoms with Gasteiger partial charge in [-0.15, -0.1) is 0 Å². The Balaban J connectivity index is 1.75. The number of benzene rings is 2. The van der Waals surface area contributed by atoms with Crippen molar-refractivity contribution in [2.24, 2.45) is 0 Å². The van der Waals surface area contributed by atoms with E-state index in [2.05, 4.69) is 10.0 Å². The number of anilines is 1.